The summed E-state index contributed by atoms with van der Waals surface area (Å²) < 4.78 is 0. The topological polar surface area (TPSA) is 49.3 Å². The Bertz CT molecular complexity index is 636. The second-order valence-electron chi connectivity index (χ2n) is 5.24. The first-order valence-corrected chi connectivity index (χ1v) is 7.20. The molecule has 0 fully saturated rings. The quantitative estimate of drug-likeness (QED) is 0.836. The standard InChI is InChI=1S/C17H18ClNO2/c1-11(2)13-5-3-12(4-6-13)10-19-16-9-14(18)7-8-15(16)17(20)21/h3-9,11,19H,10H2,1-2H3,(H,20,21). The molecule has 0 spiro atoms. The molecule has 0 saturated carbocycles. The number of halogens is 1. The number of benzene rings is 2. The molecule has 2 aromatic rings. The van der Waals surface area contributed by atoms with E-state index in [-0.39, 0.29) is 5.56 Å². The van der Waals surface area contributed by atoms with E-state index in [1.165, 1.54) is 11.6 Å². The smallest absolute Gasteiger partial charge is 0.337 e. The highest BCUT2D eigenvalue weighted by atomic mass is 35.5. The van der Waals surface area contributed by atoms with Crippen molar-refractivity contribution in [3.63, 3.8) is 0 Å². The van der Waals surface area contributed by atoms with Gasteiger partial charge in [-0.25, -0.2) is 4.79 Å². The summed E-state index contributed by atoms with van der Waals surface area (Å²) in [4.78, 5) is 11.2. The predicted octanol–water partition coefficient (Wildman–Crippen LogP) is 4.77. The number of hydrogen-bond acceptors (Lipinski definition) is 2. The van der Waals surface area contributed by atoms with Crippen molar-refractivity contribution in [1.82, 2.24) is 0 Å². The lowest BCUT2D eigenvalue weighted by Crippen LogP contribution is -2.06. The predicted molar refractivity (Wildman–Crippen MR) is 86.3 cm³/mol. The molecule has 2 aromatic carbocycles. The zero-order valence-electron chi connectivity index (χ0n) is 12.1. The summed E-state index contributed by atoms with van der Waals surface area (Å²) in [5.74, 6) is -0.470. The lowest BCUT2D eigenvalue weighted by molar-refractivity contribution is 0.0698. The molecule has 0 bridgehead atoms. The van der Waals surface area contributed by atoms with Gasteiger partial charge in [-0.05, 0) is 35.2 Å². The number of anilines is 1. The highest BCUT2D eigenvalue weighted by molar-refractivity contribution is 6.31. The van der Waals surface area contributed by atoms with Crippen LogP contribution in [0.5, 0.6) is 0 Å². The lowest BCUT2D eigenvalue weighted by Gasteiger charge is -2.11. The van der Waals surface area contributed by atoms with Crippen LogP contribution in [0.3, 0.4) is 0 Å². The molecule has 0 saturated heterocycles. The Kier molecular flexibility index (Phi) is 4.86. The van der Waals surface area contributed by atoms with E-state index in [0.717, 1.165) is 5.56 Å². The summed E-state index contributed by atoms with van der Waals surface area (Å²) in [6.07, 6.45) is 0. The van der Waals surface area contributed by atoms with E-state index >= 15 is 0 Å². The van der Waals surface area contributed by atoms with Gasteiger partial charge >= 0.3 is 5.97 Å². The zero-order chi connectivity index (χ0) is 15.4. The average Bonchev–Trinajstić information content (AvgIpc) is 2.45. The minimum atomic E-state index is -0.968. The molecule has 0 aliphatic rings. The number of carbonyl (C=O) groups is 1. The van der Waals surface area contributed by atoms with E-state index in [4.69, 9.17) is 16.7 Å². The zero-order valence-corrected chi connectivity index (χ0v) is 12.8. The van der Waals surface area contributed by atoms with Crippen molar-refractivity contribution in [2.45, 2.75) is 26.3 Å². The molecule has 2 N–H and O–H groups in total. The van der Waals surface area contributed by atoms with Crippen LogP contribution in [0, 0.1) is 0 Å². The van der Waals surface area contributed by atoms with Crippen LogP contribution in [-0.2, 0) is 6.54 Å². The van der Waals surface area contributed by atoms with Gasteiger partial charge in [0.25, 0.3) is 0 Å². The molecule has 21 heavy (non-hydrogen) atoms. The molecule has 0 radical (unpaired) electrons. The Morgan fingerprint density at radius 1 is 1.19 bits per heavy atom. The maximum atomic E-state index is 11.2. The molecule has 0 atom stereocenters. The molecule has 110 valence electrons. The molecular formula is C17H18ClNO2. The van der Waals surface area contributed by atoms with Gasteiger partial charge in [-0.15, -0.1) is 0 Å². The third-order valence-electron chi connectivity index (χ3n) is 3.34. The second-order valence-corrected chi connectivity index (χ2v) is 5.68. The van der Waals surface area contributed by atoms with E-state index in [9.17, 15) is 4.79 Å². The minimum Gasteiger partial charge on any atom is -0.478 e. The highest BCUT2D eigenvalue weighted by Gasteiger charge is 2.10. The number of carboxylic acids is 1. The molecule has 3 nitrogen and oxygen atoms in total. The van der Waals surface area contributed by atoms with Crippen LogP contribution in [0.1, 0.15) is 41.3 Å². The van der Waals surface area contributed by atoms with Crippen LogP contribution in [0.25, 0.3) is 0 Å². The fourth-order valence-electron chi connectivity index (χ4n) is 2.07. The summed E-state index contributed by atoms with van der Waals surface area (Å²) in [5.41, 5.74) is 3.13. The molecule has 2 rings (SSSR count). The van der Waals surface area contributed by atoms with Crippen molar-refractivity contribution in [3.8, 4) is 0 Å². The van der Waals surface area contributed by atoms with Crippen molar-refractivity contribution < 1.29 is 9.90 Å². The number of aromatic carboxylic acids is 1. The van der Waals surface area contributed by atoms with Gasteiger partial charge in [0.2, 0.25) is 0 Å². The maximum absolute atomic E-state index is 11.2. The number of rotatable bonds is 5. The molecule has 0 aromatic heterocycles. The Labute approximate surface area is 129 Å². The van der Waals surface area contributed by atoms with Crippen molar-refractivity contribution in [2.24, 2.45) is 0 Å². The van der Waals surface area contributed by atoms with Crippen LogP contribution < -0.4 is 5.32 Å². The van der Waals surface area contributed by atoms with Crippen molar-refractivity contribution in [2.75, 3.05) is 5.32 Å². The van der Waals surface area contributed by atoms with Crippen LogP contribution in [0.15, 0.2) is 42.5 Å². The molecule has 0 aliphatic carbocycles. The monoisotopic (exact) mass is 303 g/mol. The van der Waals surface area contributed by atoms with Gasteiger partial charge in [-0.2, -0.15) is 0 Å². The van der Waals surface area contributed by atoms with Crippen LogP contribution in [0.4, 0.5) is 5.69 Å². The number of hydrogen-bond donors (Lipinski definition) is 2. The van der Waals surface area contributed by atoms with Gasteiger partial charge in [0.1, 0.15) is 0 Å². The first kappa shape index (κ1) is 15.4. The Morgan fingerprint density at radius 2 is 1.86 bits per heavy atom. The van der Waals surface area contributed by atoms with Gasteiger partial charge in [0.15, 0.2) is 0 Å². The maximum Gasteiger partial charge on any atom is 0.337 e. The van der Waals surface area contributed by atoms with Crippen molar-refractivity contribution in [1.29, 1.82) is 0 Å². The third-order valence-corrected chi connectivity index (χ3v) is 3.58. The van der Waals surface area contributed by atoms with Crippen LogP contribution in [0.2, 0.25) is 5.02 Å². The Balaban J connectivity index is 2.12. The molecule has 0 unspecified atom stereocenters. The molecule has 4 heteroatoms. The van der Waals surface area contributed by atoms with Gasteiger partial charge in [0.05, 0.1) is 11.3 Å². The number of carboxylic acid groups (broad SMARTS) is 1. The fraction of sp³-hybridized carbons (Fsp3) is 0.235. The lowest BCUT2D eigenvalue weighted by atomic mass is 10.0. The normalized spacial score (nSPS) is 10.7. The van der Waals surface area contributed by atoms with Crippen LogP contribution in [-0.4, -0.2) is 11.1 Å². The first-order chi connectivity index (χ1) is 9.97. The van der Waals surface area contributed by atoms with Gasteiger partial charge in [-0.1, -0.05) is 49.7 Å². The van der Waals surface area contributed by atoms with Crippen LogP contribution >= 0.6 is 11.6 Å². The Morgan fingerprint density at radius 3 is 2.43 bits per heavy atom. The summed E-state index contributed by atoms with van der Waals surface area (Å²) in [6.45, 7) is 4.86. The highest BCUT2D eigenvalue weighted by Crippen LogP contribution is 2.22. The molecular weight excluding hydrogens is 286 g/mol. The van der Waals surface area contributed by atoms with Gasteiger partial charge in [-0.3, -0.25) is 0 Å². The molecule has 0 amide bonds. The average molecular weight is 304 g/mol. The minimum absolute atomic E-state index is 0.221. The summed E-state index contributed by atoms with van der Waals surface area (Å²) in [7, 11) is 0. The first-order valence-electron chi connectivity index (χ1n) is 6.83. The summed E-state index contributed by atoms with van der Waals surface area (Å²) >= 11 is 5.93. The largest absolute Gasteiger partial charge is 0.478 e. The van der Waals surface area contributed by atoms with E-state index in [2.05, 4.69) is 31.3 Å². The fourth-order valence-corrected chi connectivity index (χ4v) is 2.24. The van der Waals surface area contributed by atoms with E-state index in [0.29, 0.717) is 23.2 Å². The third kappa shape index (κ3) is 3.99. The second kappa shape index (κ2) is 6.64. The molecule has 0 aliphatic heterocycles. The van der Waals surface area contributed by atoms with E-state index in [1.807, 2.05) is 12.1 Å². The number of nitrogens with one attached hydrogen (secondary N) is 1. The van der Waals surface area contributed by atoms with Crippen molar-refractivity contribution >= 4 is 23.3 Å². The summed E-state index contributed by atoms with van der Waals surface area (Å²) in [5, 5.41) is 12.8. The Hall–Kier alpha value is -2.00. The van der Waals surface area contributed by atoms with E-state index < -0.39 is 5.97 Å². The van der Waals surface area contributed by atoms with E-state index in [1.54, 1.807) is 12.1 Å². The SMILES string of the molecule is CC(C)c1ccc(CNc2cc(Cl)ccc2C(=O)O)cc1. The summed E-state index contributed by atoms with van der Waals surface area (Å²) in [6, 6.07) is 13.0. The molecule has 0 heterocycles. The van der Waals surface area contributed by atoms with Gasteiger partial charge < -0.3 is 10.4 Å². The van der Waals surface area contributed by atoms with Crippen molar-refractivity contribution in [3.05, 3.63) is 64.2 Å². The van der Waals surface area contributed by atoms with Gasteiger partial charge in [0, 0.05) is 11.6 Å².